The van der Waals surface area contributed by atoms with Crippen LogP contribution in [0.1, 0.15) is 35.7 Å². The Morgan fingerprint density at radius 1 is 1.00 bits per heavy atom. The Morgan fingerprint density at radius 3 is 2.21 bits per heavy atom. The monoisotopic (exact) mass is 403 g/mol. The lowest BCUT2D eigenvalue weighted by molar-refractivity contribution is 0.112. The quantitative estimate of drug-likeness (QED) is 0.660. The van der Waals surface area contributed by atoms with Gasteiger partial charge in [-0.25, -0.2) is 13.2 Å². The molecule has 0 saturated carbocycles. The number of anilines is 1. The van der Waals surface area contributed by atoms with Gasteiger partial charge in [-0.3, -0.25) is 9.59 Å². The fourth-order valence-electron chi connectivity index (χ4n) is 2.49. The number of hydrogen-bond donors (Lipinski definition) is 1. The summed E-state index contributed by atoms with van der Waals surface area (Å²) in [5.41, 5.74) is 0.511. The maximum absolute atomic E-state index is 13.3. The minimum Gasteiger partial charge on any atom is -0.386 e. The molecule has 29 heavy (non-hydrogen) atoms. The third kappa shape index (κ3) is 5.10. The molecule has 0 spiro atoms. The summed E-state index contributed by atoms with van der Waals surface area (Å²) in [5.74, 6) is -1.95. The molecule has 0 aliphatic heterocycles. The van der Waals surface area contributed by atoms with Crippen molar-refractivity contribution in [3.05, 3.63) is 87.6 Å². The molecule has 0 saturated heterocycles. The predicted molar refractivity (Wildman–Crippen MR) is 105 cm³/mol. The molecule has 1 heterocycles. The molecule has 152 valence electrons. The third-order valence-electron chi connectivity index (χ3n) is 4.08. The number of carbonyl (C=O) groups is 1. The summed E-state index contributed by atoms with van der Waals surface area (Å²) in [6.07, 6.45) is 1.80. The van der Waals surface area contributed by atoms with Crippen molar-refractivity contribution in [1.82, 2.24) is 9.78 Å². The number of nitrogens with one attached hydrogen (secondary N) is 1. The molecule has 0 bridgehead atoms. The molecular weight excluding hydrogens is 383 g/mol. The molecule has 8 heteroatoms. The van der Waals surface area contributed by atoms with Crippen LogP contribution in [0.15, 0.2) is 53.5 Å². The second-order valence-electron chi connectivity index (χ2n) is 6.33. The lowest BCUT2D eigenvalue weighted by Gasteiger charge is -2.10. The van der Waals surface area contributed by atoms with Crippen LogP contribution < -0.4 is 10.9 Å². The summed E-state index contributed by atoms with van der Waals surface area (Å²) < 4.78 is 40.2. The molecule has 1 N–H and O–H groups in total. The molecule has 0 amide bonds. The number of nitrogens with zero attached hydrogens (tertiary/aromatic N) is 2. The van der Waals surface area contributed by atoms with Crippen LogP contribution in [0.2, 0.25) is 0 Å². The van der Waals surface area contributed by atoms with E-state index in [-0.39, 0.29) is 17.2 Å². The zero-order chi connectivity index (χ0) is 21.6. The van der Waals surface area contributed by atoms with E-state index in [0.717, 1.165) is 4.68 Å². The van der Waals surface area contributed by atoms with Crippen molar-refractivity contribution >= 4 is 12.0 Å². The summed E-state index contributed by atoms with van der Waals surface area (Å²) in [6.45, 7) is 3.66. The number of carbonyl (C=O) groups excluding carboxylic acids is 1. The molecule has 0 fully saturated rings. The third-order valence-corrected chi connectivity index (χ3v) is 4.08. The van der Waals surface area contributed by atoms with Crippen LogP contribution in [0.25, 0.3) is 5.69 Å². The molecule has 0 unspecified atom stereocenters. The topological polar surface area (TPSA) is 64.0 Å². The van der Waals surface area contributed by atoms with E-state index in [9.17, 15) is 22.8 Å². The summed E-state index contributed by atoms with van der Waals surface area (Å²) in [4.78, 5) is 22.2. The highest BCUT2D eigenvalue weighted by molar-refractivity contribution is 5.73. The van der Waals surface area contributed by atoms with Gasteiger partial charge in [0.2, 0.25) is 0 Å². The average Bonchev–Trinajstić information content (AvgIpc) is 2.71. The molecule has 3 rings (SSSR count). The first kappa shape index (κ1) is 21.9. The zero-order valence-corrected chi connectivity index (χ0v) is 16.1. The van der Waals surface area contributed by atoms with Gasteiger partial charge in [-0.15, -0.1) is 0 Å². The molecule has 5 nitrogen and oxygen atoms in total. The van der Waals surface area contributed by atoms with Crippen LogP contribution in [-0.4, -0.2) is 23.1 Å². The van der Waals surface area contributed by atoms with Crippen LogP contribution in [0, 0.1) is 17.5 Å². The van der Waals surface area contributed by atoms with Gasteiger partial charge in [0.05, 0.1) is 16.9 Å². The van der Waals surface area contributed by atoms with Crippen molar-refractivity contribution < 1.29 is 18.0 Å². The largest absolute Gasteiger partial charge is 0.386 e. The van der Waals surface area contributed by atoms with Crippen molar-refractivity contribution in [3.63, 3.8) is 0 Å². The molecule has 3 aromatic rings. The van der Waals surface area contributed by atoms with Gasteiger partial charge < -0.3 is 5.32 Å². The Bertz CT molecular complexity index is 1050. The van der Waals surface area contributed by atoms with Crippen LogP contribution in [0.4, 0.5) is 18.9 Å². The molecule has 0 radical (unpaired) electrons. The fraction of sp³-hybridized carbons (Fsp3) is 0.190. The molecule has 0 aliphatic carbocycles. The van der Waals surface area contributed by atoms with E-state index in [1.54, 1.807) is 19.2 Å². The van der Waals surface area contributed by atoms with Crippen molar-refractivity contribution in [1.29, 1.82) is 0 Å². The molecule has 2 aromatic carbocycles. The van der Waals surface area contributed by atoms with E-state index in [1.807, 2.05) is 13.8 Å². The van der Waals surface area contributed by atoms with Gasteiger partial charge in [0.1, 0.15) is 5.82 Å². The van der Waals surface area contributed by atoms with Gasteiger partial charge >= 0.3 is 0 Å². The lowest BCUT2D eigenvalue weighted by Crippen LogP contribution is -2.23. The summed E-state index contributed by atoms with van der Waals surface area (Å²) in [5, 5.41) is 6.40. The Labute approximate surface area is 165 Å². The van der Waals surface area contributed by atoms with Gasteiger partial charge in [-0.05, 0) is 47.9 Å². The van der Waals surface area contributed by atoms with E-state index in [2.05, 4.69) is 10.4 Å². The normalized spacial score (nSPS) is 10.3. The molecular formula is C21H20F3N3O2. The number of hydrogen-bond acceptors (Lipinski definition) is 4. The van der Waals surface area contributed by atoms with E-state index in [4.69, 9.17) is 0 Å². The maximum Gasteiger partial charge on any atom is 0.282 e. The summed E-state index contributed by atoms with van der Waals surface area (Å²) in [6, 6.07) is 9.75. The number of aldehydes is 1. The second kappa shape index (κ2) is 9.68. The van der Waals surface area contributed by atoms with Crippen LogP contribution >= 0.6 is 0 Å². The van der Waals surface area contributed by atoms with Crippen LogP contribution in [-0.2, 0) is 0 Å². The van der Waals surface area contributed by atoms with Gasteiger partial charge in [0.15, 0.2) is 17.9 Å². The second-order valence-corrected chi connectivity index (χ2v) is 6.33. The van der Waals surface area contributed by atoms with Gasteiger partial charge in [0.25, 0.3) is 5.56 Å². The Kier molecular flexibility index (Phi) is 7.30. The lowest BCUT2D eigenvalue weighted by atomic mass is 10.0. The van der Waals surface area contributed by atoms with E-state index in [1.165, 1.54) is 36.5 Å². The van der Waals surface area contributed by atoms with E-state index >= 15 is 0 Å². The fourth-order valence-corrected chi connectivity index (χ4v) is 2.49. The van der Waals surface area contributed by atoms with Crippen molar-refractivity contribution in [2.45, 2.75) is 19.8 Å². The highest BCUT2D eigenvalue weighted by Gasteiger charge is 2.14. The number of halogens is 3. The summed E-state index contributed by atoms with van der Waals surface area (Å²) in [7, 11) is 1.56. The number of rotatable bonds is 4. The van der Waals surface area contributed by atoms with Crippen molar-refractivity contribution in [3.8, 4) is 5.69 Å². The van der Waals surface area contributed by atoms with Crippen molar-refractivity contribution in [2.24, 2.45) is 0 Å². The first-order valence-corrected chi connectivity index (χ1v) is 8.75. The minimum atomic E-state index is -0.797. The minimum absolute atomic E-state index is 0.000376. The Hall–Kier alpha value is -3.42. The van der Waals surface area contributed by atoms with Crippen LogP contribution in [0.5, 0.6) is 0 Å². The predicted octanol–water partition coefficient (Wildman–Crippen LogP) is 4.31. The molecule has 1 aromatic heterocycles. The average molecular weight is 403 g/mol. The maximum atomic E-state index is 13.3. The van der Waals surface area contributed by atoms with Gasteiger partial charge in [-0.1, -0.05) is 19.9 Å². The van der Waals surface area contributed by atoms with Crippen LogP contribution in [0.3, 0.4) is 0 Å². The Morgan fingerprint density at radius 2 is 1.66 bits per heavy atom. The molecule has 0 atom stereocenters. The first-order valence-electron chi connectivity index (χ1n) is 8.75. The van der Waals surface area contributed by atoms with Gasteiger partial charge in [-0.2, -0.15) is 9.78 Å². The Balaban J connectivity index is 0.000000212. The van der Waals surface area contributed by atoms with Crippen molar-refractivity contribution in [2.75, 3.05) is 12.4 Å². The smallest absolute Gasteiger partial charge is 0.282 e. The van der Waals surface area contributed by atoms with E-state index < -0.39 is 23.0 Å². The molecule has 0 aliphatic rings. The highest BCUT2D eigenvalue weighted by Crippen LogP contribution is 2.25. The van der Waals surface area contributed by atoms with Gasteiger partial charge in [0, 0.05) is 13.2 Å². The first-order chi connectivity index (χ1) is 13.8. The number of benzene rings is 2. The number of aromatic nitrogens is 2. The summed E-state index contributed by atoms with van der Waals surface area (Å²) >= 11 is 0. The highest BCUT2D eigenvalue weighted by atomic mass is 19.2. The van der Waals surface area contributed by atoms with E-state index in [0.29, 0.717) is 17.5 Å². The zero-order valence-electron chi connectivity index (χ0n) is 16.1. The SMILES string of the molecule is CNc1ccc(C(C)C)c(F)c1F.O=Cc1ccnn(-c2ccc(F)cc2)c1=O. The standard InChI is InChI=1S/C11H7FN2O2.C10H13F2N/c12-9-1-3-10(4-2-9)14-11(16)8(7-15)5-6-13-14;1-6(2)7-4-5-8(13-3)10(12)9(7)11/h1-7H;4-6,13H,1-3H3.